The molecule has 0 aliphatic heterocycles. The van der Waals surface area contributed by atoms with Gasteiger partial charge in [-0.05, 0) is 19.8 Å². The van der Waals surface area contributed by atoms with Gasteiger partial charge in [-0.25, -0.2) is 0 Å². The highest BCUT2D eigenvalue weighted by atomic mass is 16.5. The van der Waals surface area contributed by atoms with E-state index < -0.39 is 0 Å². The average molecular weight is 283 g/mol. The molecule has 0 saturated heterocycles. The molecule has 0 aliphatic carbocycles. The molecule has 0 fully saturated rings. The molecule has 0 spiro atoms. The van der Waals surface area contributed by atoms with Gasteiger partial charge in [-0.1, -0.05) is 64.9 Å². The Labute approximate surface area is 125 Å². The Morgan fingerprint density at radius 3 is 2.00 bits per heavy atom. The van der Waals surface area contributed by atoms with Gasteiger partial charge in [0.2, 0.25) is 5.91 Å². The van der Waals surface area contributed by atoms with Crippen molar-refractivity contribution >= 4 is 5.91 Å². The number of carbonyl (C=O) groups excluding carboxylic acids is 1. The van der Waals surface area contributed by atoms with E-state index in [0.29, 0.717) is 5.57 Å². The summed E-state index contributed by atoms with van der Waals surface area (Å²) in [6, 6.07) is 0. The fourth-order valence-electron chi connectivity index (χ4n) is 2.16. The van der Waals surface area contributed by atoms with Gasteiger partial charge < -0.3 is 10.1 Å². The third-order valence-corrected chi connectivity index (χ3v) is 3.53. The molecule has 0 aromatic heterocycles. The number of hydrogen-bond acceptors (Lipinski definition) is 2. The molecule has 1 amide bonds. The van der Waals surface area contributed by atoms with Crippen LogP contribution in [0.15, 0.2) is 12.2 Å². The lowest BCUT2D eigenvalue weighted by Gasteiger charge is -2.17. The summed E-state index contributed by atoms with van der Waals surface area (Å²) >= 11 is 0. The minimum absolute atomic E-state index is 0.118. The third-order valence-electron chi connectivity index (χ3n) is 3.53. The average Bonchev–Trinajstić information content (AvgIpc) is 2.43. The molecule has 0 bridgehead atoms. The Kier molecular flexibility index (Phi) is 12.6. The molecular formula is C17H33NO2. The summed E-state index contributed by atoms with van der Waals surface area (Å²) in [5.74, 6) is -0.118. The number of hydrogen-bond donors (Lipinski definition) is 1. The maximum Gasteiger partial charge on any atom is 0.248 e. The third kappa shape index (κ3) is 11.0. The molecule has 20 heavy (non-hydrogen) atoms. The summed E-state index contributed by atoms with van der Waals surface area (Å²) in [5.41, 5.74) is 0.527. The highest BCUT2D eigenvalue weighted by Crippen LogP contribution is 2.11. The zero-order chi connectivity index (χ0) is 15.2. The molecule has 1 unspecified atom stereocenters. The number of unbranched alkanes of at least 4 members (excludes halogenated alkanes) is 8. The Hall–Kier alpha value is -0.830. The molecule has 0 aromatic rings. The summed E-state index contributed by atoms with van der Waals surface area (Å²) in [6.07, 6.45) is 12.5. The first-order valence-electron chi connectivity index (χ1n) is 8.11. The van der Waals surface area contributed by atoms with Gasteiger partial charge in [-0.2, -0.15) is 0 Å². The molecule has 1 N–H and O–H groups in total. The number of carbonyl (C=O) groups is 1. The second-order valence-corrected chi connectivity index (χ2v) is 5.60. The van der Waals surface area contributed by atoms with E-state index in [1.165, 1.54) is 51.4 Å². The van der Waals surface area contributed by atoms with Crippen LogP contribution in [-0.2, 0) is 9.53 Å². The molecule has 3 nitrogen and oxygen atoms in total. The summed E-state index contributed by atoms with van der Waals surface area (Å²) < 4.78 is 5.27. The van der Waals surface area contributed by atoms with Gasteiger partial charge in [0.25, 0.3) is 0 Å². The number of methoxy groups -OCH3 is 1. The summed E-state index contributed by atoms with van der Waals surface area (Å²) in [6.45, 7) is 7.58. The summed E-state index contributed by atoms with van der Waals surface area (Å²) in [7, 11) is 1.64. The fraction of sp³-hybridized carbons (Fsp3) is 0.824. The van der Waals surface area contributed by atoms with Gasteiger partial charge in [0, 0.05) is 12.7 Å². The maximum absolute atomic E-state index is 11.5. The standard InChI is InChI=1S/C17H33NO2/c1-5-6-7-8-9-10-11-12-13-14-16(20-4)18-17(19)15(2)3/h16H,2,5-14H2,1,3-4H3,(H,18,19). The molecule has 118 valence electrons. The van der Waals surface area contributed by atoms with Crippen LogP contribution in [0.5, 0.6) is 0 Å². The van der Waals surface area contributed by atoms with Crippen molar-refractivity contribution in [3.8, 4) is 0 Å². The first-order chi connectivity index (χ1) is 9.61. The van der Waals surface area contributed by atoms with E-state index in [4.69, 9.17) is 4.74 Å². The lowest BCUT2D eigenvalue weighted by Crippen LogP contribution is -2.36. The van der Waals surface area contributed by atoms with Crippen molar-refractivity contribution in [3.63, 3.8) is 0 Å². The zero-order valence-corrected chi connectivity index (χ0v) is 13.7. The van der Waals surface area contributed by atoms with E-state index in [9.17, 15) is 4.79 Å². The molecule has 3 heteroatoms. The van der Waals surface area contributed by atoms with E-state index in [2.05, 4.69) is 18.8 Å². The van der Waals surface area contributed by atoms with E-state index in [0.717, 1.165) is 12.8 Å². The van der Waals surface area contributed by atoms with Crippen LogP contribution in [0.1, 0.15) is 78.1 Å². The number of amides is 1. The minimum atomic E-state index is -0.177. The van der Waals surface area contributed by atoms with Crippen LogP contribution in [0.3, 0.4) is 0 Å². The predicted octanol–water partition coefficient (Wildman–Crippen LogP) is 4.57. The van der Waals surface area contributed by atoms with Gasteiger partial charge in [-0.15, -0.1) is 0 Å². The monoisotopic (exact) mass is 283 g/mol. The van der Waals surface area contributed by atoms with Crippen molar-refractivity contribution in [3.05, 3.63) is 12.2 Å². The summed E-state index contributed by atoms with van der Waals surface area (Å²) in [4.78, 5) is 11.5. The normalized spacial score (nSPS) is 12.2. The summed E-state index contributed by atoms with van der Waals surface area (Å²) in [5, 5.41) is 2.83. The number of rotatable bonds is 13. The van der Waals surface area contributed by atoms with Gasteiger partial charge in [0.15, 0.2) is 0 Å². The zero-order valence-electron chi connectivity index (χ0n) is 13.7. The topological polar surface area (TPSA) is 38.3 Å². The van der Waals surface area contributed by atoms with E-state index in [1.807, 2.05) is 0 Å². The first-order valence-corrected chi connectivity index (χ1v) is 8.11. The molecule has 0 radical (unpaired) electrons. The largest absolute Gasteiger partial charge is 0.362 e. The van der Waals surface area contributed by atoms with Crippen molar-refractivity contribution in [2.75, 3.05) is 7.11 Å². The second-order valence-electron chi connectivity index (χ2n) is 5.60. The highest BCUT2D eigenvalue weighted by Gasteiger charge is 2.10. The van der Waals surface area contributed by atoms with Crippen molar-refractivity contribution in [1.82, 2.24) is 5.32 Å². The smallest absolute Gasteiger partial charge is 0.248 e. The van der Waals surface area contributed by atoms with E-state index >= 15 is 0 Å². The van der Waals surface area contributed by atoms with Crippen molar-refractivity contribution in [1.29, 1.82) is 0 Å². The van der Waals surface area contributed by atoms with E-state index in [-0.39, 0.29) is 12.1 Å². The van der Waals surface area contributed by atoms with Crippen LogP contribution in [0, 0.1) is 0 Å². The van der Waals surface area contributed by atoms with Gasteiger partial charge in [-0.3, -0.25) is 4.79 Å². The van der Waals surface area contributed by atoms with Gasteiger partial charge in [0.1, 0.15) is 6.23 Å². The number of nitrogens with one attached hydrogen (secondary N) is 1. The van der Waals surface area contributed by atoms with Crippen LogP contribution >= 0.6 is 0 Å². The Morgan fingerprint density at radius 2 is 1.55 bits per heavy atom. The molecule has 0 rings (SSSR count). The molecule has 0 saturated carbocycles. The Balaban J connectivity index is 3.47. The Bertz CT molecular complexity index is 264. The molecule has 0 aliphatic rings. The Morgan fingerprint density at radius 1 is 1.05 bits per heavy atom. The maximum atomic E-state index is 11.5. The number of ether oxygens (including phenoxy) is 1. The highest BCUT2D eigenvalue weighted by molar-refractivity contribution is 5.92. The van der Waals surface area contributed by atoms with Crippen LogP contribution < -0.4 is 5.32 Å². The van der Waals surface area contributed by atoms with Crippen molar-refractivity contribution < 1.29 is 9.53 Å². The minimum Gasteiger partial charge on any atom is -0.362 e. The molecule has 0 aromatic carbocycles. The molecule has 1 atom stereocenters. The van der Waals surface area contributed by atoms with Crippen LogP contribution in [0.4, 0.5) is 0 Å². The van der Waals surface area contributed by atoms with Crippen LogP contribution in [-0.4, -0.2) is 19.2 Å². The van der Waals surface area contributed by atoms with E-state index in [1.54, 1.807) is 14.0 Å². The lowest BCUT2D eigenvalue weighted by molar-refractivity contribution is -0.121. The van der Waals surface area contributed by atoms with Crippen LogP contribution in [0.25, 0.3) is 0 Å². The van der Waals surface area contributed by atoms with Gasteiger partial charge in [0.05, 0.1) is 0 Å². The second kappa shape index (κ2) is 13.2. The first kappa shape index (κ1) is 19.2. The SMILES string of the molecule is C=C(C)C(=O)NC(CCCCCCCCCCC)OC. The molecule has 0 heterocycles. The lowest BCUT2D eigenvalue weighted by atomic mass is 10.1. The predicted molar refractivity (Wildman–Crippen MR) is 85.6 cm³/mol. The quantitative estimate of drug-likeness (QED) is 0.305. The molecular weight excluding hydrogens is 250 g/mol. The van der Waals surface area contributed by atoms with Gasteiger partial charge >= 0.3 is 0 Å². The van der Waals surface area contributed by atoms with Crippen LogP contribution in [0.2, 0.25) is 0 Å². The fourth-order valence-corrected chi connectivity index (χ4v) is 2.16. The van der Waals surface area contributed by atoms with Crippen molar-refractivity contribution in [2.24, 2.45) is 0 Å². The van der Waals surface area contributed by atoms with Crippen molar-refractivity contribution in [2.45, 2.75) is 84.3 Å².